The molecule has 0 spiro atoms. The first kappa shape index (κ1) is 15.5. The van der Waals surface area contributed by atoms with Crippen LogP contribution in [0.2, 0.25) is 0 Å². The number of methoxy groups -OCH3 is 1. The van der Waals surface area contributed by atoms with E-state index in [9.17, 15) is 12.8 Å². The third kappa shape index (κ3) is 4.54. The summed E-state index contributed by atoms with van der Waals surface area (Å²) < 4.78 is 44.8. The first-order chi connectivity index (χ1) is 10.00. The Bertz CT molecular complexity index is 702. The average molecular weight is 309 g/mol. The van der Waals surface area contributed by atoms with Gasteiger partial charge in [0.25, 0.3) is 0 Å². The van der Waals surface area contributed by atoms with E-state index in [0.717, 1.165) is 0 Å². The lowest BCUT2D eigenvalue weighted by Gasteiger charge is -2.10. The van der Waals surface area contributed by atoms with Crippen molar-refractivity contribution in [2.75, 3.05) is 7.11 Å². The zero-order valence-electron chi connectivity index (χ0n) is 11.5. The highest BCUT2D eigenvalue weighted by molar-refractivity contribution is 7.88. The Morgan fingerprint density at radius 1 is 1.14 bits per heavy atom. The number of rotatable bonds is 6. The lowest BCUT2D eigenvalue weighted by Crippen LogP contribution is -2.25. The van der Waals surface area contributed by atoms with Crippen molar-refractivity contribution in [1.29, 1.82) is 0 Å². The summed E-state index contributed by atoms with van der Waals surface area (Å²) in [7, 11) is -2.05. The summed E-state index contributed by atoms with van der Waals surface area (Å²) in [5, 5.41) is 0. The molecular weight excluding hydrogens is 293 g/mol. The number of sulfonamides is 1. The number of hydrogen-bond donors (Lipinski definition) is 1. The summed E-state index contributed by atoms with van der Waals surface area (Å²) in [6, 6.07) is 12.8. The number of benzene rings is 2. The molecule has 2 aromatic rings. The van der Waals surface area contributed by atoms with Gasteiger partial charge < -0.3 is 4.74 Å². The van der Waals surface area contributed by atoms with Crippen LogP contribution >= 0.6 is 0 Å². The minimum absolute atomic E-state index is 0.0178. The fourth-order valence-electron chi connectivity index (χ4n) is 1.92. The van der Waals surface area contributed by atoms with E-state index >= 15 is 0 Å². The molecule has 0 atom stereocenters. The molecule has 4 nitrogen and oxygen atoms in total. The van der Waals surface area contributed by atoms with Crippen LogP contribution in [0.25, 0.3) is 0 Å². The van der Waals surface area contributed by atoms with Crippen LogP contribution in [0.3, 0.4) is 0 Å². The van der Waals surface area contributed by atoms with Crippen molar-refractivity contribution >= 4 is 10.0 Å². The third-order valence-corrected chi connectivity index (χ3v) is 4.22. The zero-order valence-corrected chi connectivity index (χ0v) is 12.4. The molecule has 0 saturated carbocycles. The zero-order chi connectivity index (χ0) is 15.3. The summed E-state index contributed by atoms with van der Waals surface area (Å²) >= 11 is 0. The Kier molecular flexibility index (Phi) is 4.93. The van der Waals surface area contributed by atoms with Crippen molar-refractivity contribution in [3.05, 3.63) is 65.5 Å². The fraction of sp³-hybridized carbons (Fsp3) is 0.200. The Balaban J connectivity index is 2.07. The molecule has 0 aliphatic rings. The molecule has 6 heteroatoms. The van der Waals surface area contributed by atoms with Crippen molar-refractivity contribution in [1.82, 2.24) is 4.72 Å². The maximum atomic E-state index is 13.2. The molecule has 21 heavy (non-hydrogen) atoms. The molecule has 1 N–H and O–H groups in total. The predicted octanol–water partition coefficient (Wildman–Crippen LogP) is 2.45. The van der Waals surface area contributed by atoms with Gasteiger partial charge in [0.2, 0.25) is 10.0 Å². The summed E-state index contributed by atoms with van der Waals surface area (Å²) in [6.07, 6.45) is 0. The van der Waals surface area contributed by atoms with E-state index in [4.69, 9.17) is 4.74 Å². The largest absolute Gasteiger partial charge is 0.496 e. The van der Waals surface area contributed by atoms with Crippen LogP contribution in [0.5, 0.6) is 5.75 Å². The van der Waals surface area contributed by atoms with Gasteiger partial charge in [-0.2, -0.15) is 0 Å². The van der Waals surface area contributed by atoms with E-state index in [1.165, 1.54) is 25.3 Å². The van der Waals surface area contributed by atoms with E-state index in [1.54, 1.807) is 24.3 Å². The van der Waals surface area contributed by atoms with Gasteiger partial charge in [-0.05, 0) is 23.8 Å². The van der Waals surface area contributed by atoms with Crippen LogP contribution < -0.4 is 9.46 Å². The standard InChI is InChI=1S/C15H16FNO3S/c1-20-15-8-7-14(16)9-13(15)10-17-21(18,19)11-12-5-3-2-4-6-12/h2-9,17H,10-11H2,1H3. The summed E-state index contributed by atoms with van der Waals surface area (Å²) in [6.45, 7) is -0.0178. The maximum absolute atomic E-state index is 13.2. The monoisotopic (exact) mass is 309 g/mol. The number of hydrogen-bond acceptors (Lipinski definition) is 3. The van der Waals surface area contributed by atoms with Gasteiger partial charge >= 0.3 is 0 Å². The van der Waals surface area contributed by atoms with E-state index in [1.807, 2.05) is 6.07 Å². The average Bonchev–Trinajstić information content (AvgIpc) is 2.46. The molecule has 0 bridgehead atoms. The molecule has 0 aliphatic heterocycles. The van der Waals surface area contributed by atoms with Crippen LogP contribution in [0.15, 0.2) is 48.5 Å². The Labute approximate surface area is 123 Å². The molecule has 2 rings (SSSR count). The minimum atomic E-state index is -3.50. The first-order valence-electron chi connectivity index (χ1n) is 6.34. The molecule has 0 heterocycles. The molecule has 0 aliphatic carbocycles. The molecule has 0 amide bonds. The molecular formula is C15H16FNO3S. The normalized spacial score (nSPS) is 11.3. The highest BCUT2D eigenvalue weighted by atomic mass is 32.2. The summed E-state index contributed by atoms with van der Waals surface area (Å²) in [4.78, 5) is 0. The smallest absolute Gasteiger partial charge is 0.216 e. The van der Waals surface area contributed by atoms with Crippen LogP contribution in [0.4, 0.5) is 4.39 Å². The summed E-state index contributed by atoms with van der Waals surface area (Å²) in [5.74, 6) is -0.113. The quantitative estimate of drug-likeness (QED) is 0.892. The molecule has 0 aromatic heterocycles. The lowest BCUT2D eigenvalue weighted by molar-refractivity contribution is 0.407. The van der Waals surface area contributed by atoms with E-state index in [0.29, 0.717) is 16.9 Å². The number of nitrogens with one attached hydrogen (secondary N) is 1. The van der Waals surface area contributed by atoms with Crippen molar-refractivity contribution in [3.63, 3.8) is 0 Å². The molecule has 2 aromatic carbocycles. The molecule has 0 radical (unpaired) electrons. The molecule has 0 unspecified atom stereocenters. The van der Waals surface area contributed by atoms with Gasteiger partial charge in [0.1, 0.15) is 11.6 Å². The third-order valence-electron chi connectivity index (χ3n) is 2.92. The van der Waals surface area contributed by atoms with Crippen molar-refractivity contribution in [2.24, 2.45) is 0 Å². The van der Waals surface area contributed by atoms with Gasteiger partial charge in [-0.25, -0.2) is 17.5 Å². The predicted molar refractivity (Wildman–Crippen MR) is 78.9 cm³/mol. The van der Waals surface area contributed by atoms with E-state index < -0.39 is 15.8 Å². The van der Waals surface area contributed by atoms with Crippen molar-refractivity contribution in [2.45, 2.75) is 12.3 Å². The van der Waals surface area contributed by atoms with Crippen molar-refractivity contribution in [3.8, 4) is 5.75 Å². The highest BCUT2D eigenvalue weighted by Gasteiger charge is 2.13. The van der Waals surface area contributed by atoms with Gasteiger partial charge in [0, 0.05) is 12.1 Å². The second kappa shape index (κ2) is 6.69. The van der Waals surface area contributed by atoms with Gasteiger partial charge in [-0.3, -0.25) is 0 Å². The topological polar surface area (TPSA) is 55.4 Å². The molecule has 0 fully saturated rings. The van der Waals surface area contributed by atoms with E-state index in [2.05, 4.69) is 4.72 Å². The van der Waals surface area contributed by atoms with Gasteiger partial charge in [-0.15, -0.1) is 0 Å². The fourth-order valence-corrected chi connectivity index (χ4v) is 3.03. The molecule has 112 valence electrons. The second-order valence-electron chi connectivity index (χ2n) is 4.52. The Morgan fingerprint density at radius 3 is 2.52 bits per heavy atom. The maximum Gasteiger partial charge on any atom is 0.216 e. The summed E-state index contributed by atoms with van der Waals surface area (Å²) in [5.41, 5.74) is 1.14. The second-order valence-corrected chi connectivity index (χ2v) is 6.33. The minimum Gasteiger partial charge on any atom is -0.496 e. The van der Waals surface area contributed by atoms with Crippen molar-refractivity contribution < 1.29 is 17.5 Å². The Hall–Kier alpha value is -1.92. The number of ether oxygens (including phenoxy) is 1. The van der Waals surface area contributed by atoms with Gasteiger partial charge in [0.05, 0.1) is 12.9 Å². The van der Waals surface area contributed by atoms with Gasteiger partial charge in [-0.1, -0.05) is 30.3 Å². The molecule has 0 saturated heterocycles. The highest BCUT2D eigenvalue weighted by Crippen LogP contribution is 2.19. The van der Waals surface area contributed by atoms with Gasteiger partial charge in [0.15, 0.2) is 0 Å². The SMILES string of the molecule is COc1ccc(F)cc1CNS(=O)(=O)Cc1ccccc1. The van der Waals surface area contributed by atoms with Crippen LogP contribution in [-0.2, 0) is 22.3 Å². The van der Waals surface area contributed by atoms with Crippen LogP contribution in [-0.4, -0.2) is 15.5 Å². The van der Waals surface area contributed by atoms with Crippen LogP contribution in [0.1, 0.15) is 11.1 Å². The lowest BCUT2D eigenvalue weighted by atomic mass is 10.2. The number of halogens is 1. The van der Waals surface area contributed by atoms with E-state index in [-0.39, 0.29) is 12.3 Å². The first-order valence-corrected chi connectivity index (χ1v) is 7.99. The van der Waals surface area contributed by atoms with Crippen LogP contribution in [0, 0.1) is 5.82 Å². The Morgan fingerprint density at radius 2 is 1.86 bits per heavy atom.